The van der Waals surface area contributed by atoms with Crippen LogP contribution in [-0.4, -0.2) is 76.2 Å². The van der Waals surface area contributed by atoms with Crippen molar-refractivity contribution < 1.29 is 32.1 Å². The standard InChI is InChI=1S/C17H16F3N5O3S/c1-23-13-12(14(27)25(3)16(28)24(13)2)22-15(23)29-8-11(26)21-10-6-4-9(5-7-10)17(18,19)20/h4-7,12H,8H2,1-3H3/p+1. The van der Waals surface area contributed by atoms with Crippen LogP contribution in [0.25, 0.3) is 0 Å². The highest BCUT2D eigenvalue weighted by atomic mass is 32.2. The first kappa shape index (κ1) is 20.8. The van der Waals surface area contributed by atoms with Gasteiger partial charge >= 0.3 is 12.2 Å². The molecule has 1 unspecified atom stereocenters. The van der Waals surface area contributed by atoms with Gasteiger partial charge in [-0.3, -0.25) is 14.5 Å². The Morgan fingerprint density at radius 1 is 1.21 bits per heavy atom. The SMILES string of the molecule is CN1C(=O)C2N=C(SCC(=O)Nc3ccc(C(F)(F)F)cc3)[N+](C)=C2N(C)C1=O. The van der Waals surface area contributed by atoms with E-state index in [1.807, 2.05) is 0 Å². The molecule has 12 heteroatoms. The maximum Gasteiger partial charge on any atom is 0.416 e. The minimum atomic E-state index is -4.45. The molecule has 1 fully saturated rings. The number of halogens is 3. The summed E-state index contributed by atoms with van der Waals surface area (Å²) in [6, 6.07) is 2.78. The van der Waals surface area contributed by atoms with Crippen LogP contribution in [0.3, 0.4) is 0 Å². The van der Waals surface area contributed by atoms with Crippen molar-refractivity contribution in [3.05, 3.63) is 29.8 Å². The molecule has 1 aromatic carbocycles. The summed E-state index contributed by atoms with van der Waals surface area (Å²) >= 11 is 1.05. The van der Waals surface area contributed by atoms with Gasteiger partial charge in [-0.25, -0.2) is 14.3 Å². The van der Waals surface area contributed by atoms with Crippen molar-refractivity contribution in [3.8, 4) is 0 Å². The van der Waals surface area contributed by atoms with Gasteiger partial charge in [-0.1, -0.05) is 0 Å². The summed E-state index contributed by atoms with van der Waals surface area (Å²) in [5.74, 6) is -0.576. The summed E-state index contributed by atoms with van der Waals surface area (Å²) in [6.45, 7) is 0. The smallest absolute Gasteiger partial charge is 0.325 e. The molecule has 4 amide bonds. The number of carbonyl (C=O) groups is 3. The van der Waals surface area contributed by atoms with E-state index in [1.165, 1.54) is 31.1 Å². The van der Waals surface area contributed by atoms with Crippen molar-refractivity contribution >= 4 is 46.3 Å². The van der Waals surface area contributed by atoms with E-state index in [0.29, 0.717) is 11.0 Å². The largest absolute Gasteiger partial charge is 0.416 e. The Morgan fingerprint density at radius 3 is 2.41 bits per heavy atom. The van der Waals surface area contributed by atoms with Gasteiger partial charge in [0.1, 0.15) is 0 Å². The molecular formula is C17H17F3N5O3S+. The van der Waals surface area contributed by atoms with Crippen LogP contribution in [0.15, 0.2) is 29.3 Å². The molecule has 0 saturated carbocycles. The molecule has 3 rings (SSSR count). The molecule has 1 aromatic rings. The maximum atomic E-state index is 12.6. The summed E-state index contributed by atoms with van der Waals surface area (Å²) in [5, 5.41) is 2.89. The second-order valence-corrected chi connectivity index (χ2v) is 7.32. The molecule has 8 nitrogen and oxygen atoms in total. The summed E-state index contributed by atoms with van der Waals surface area (Å²) in [5.41, 5.74) is -0.574. The summed E-state index contributed by atoms with van der Waals surface area (Å²) in [7, 11) is 4.54. The zero-order valence-corrected chi connectivity index (χ0v) is 16.5. The Bertz CT molecular complexity index is 943. The lowest BCUT2D eigenvalue weighted by Gasteiger charge is -2.27. The molecular weight excluding hydrogens is 411 g/mol. The predicted octanol–water partition coefficient (Wildman–Crippen LogP) is 1.68. The average Bonchev–Trinajstić information content (AvgIpc) is 2.99. The molecule has 0 aromatic heterocycles. The number of benzene rings is 1. The first-order chi connectivity index (χ1) is 13.5. The number of thioether (sulfide) groups is 1. The van der Waals surface area contributed by atoms with Gasteiger partial charge in [0.15, 0.2) is 0 Å². The fourth-order valence-electron chi connectivity index (χ4n) is 2.91. The van der Waals surface area contributed by atoms with Crippen LogP contribution in [0.4, 0.5) is 23.7 Å². The normalized spacial score (nSPS) is 19.5. The second-order valence-electron chi connectivity index (χ2n) is 6.38. The zero-order valence-electron chi connectivity index (χ0n) is 15.6. The van der Waals surface area contributed by atoms with Gasteiger partial charge in [0.05, 0.1) is 25.4 Å². The lowest BCUT2D eigenvalue weighted by molar-refractivity contribution is -0.367. The lowest BCUT2D eigenvalue weighted by Crippen LogP contribution is -2.59. The highest BCUT2D eigenvalue weighted by molar-refractivity contribution is 8.14. The van der Waals surface area contributed by atoms with E-state index in [4.69, 9.17) is 0 Å². The van der Waals surface area contributed by atoms with E-state index in [9.17, 15) is 27.6 Å². The fraction of sp³-hybridized carbons (Fsp3) is 0.353. The van der Waals surface area contributed by atoms with Crippen LogP contribution in [0.5, 0.6) is 0 Å². The van der Waals surface area contributed by atoms with Gasteiger partial charge in [0.2, 0.25) is 5.91 Å². The molecule has 2 aliphatic heterocycles. The third kappa shape index (κ3) is 3.97. The zero-order chi connectivity index (χ0) is 21.5. The number of alkyl halides is 3. The average molecular weight is 428 g/mol. The van der Waals surface area contributed by atoms with Crippen molar-refractivity contribution in [1.82, 2.24) is 9.80 Å². The Morgan fingerprint density at radius 2 is 1.83 bits per heavy atom. The van der Waals surface area contributed by atoms with Gasteiger partial charge in [-0.05, 0) is 36.0 Å². The number of imide groups is 1. The molecule has 154 valence electrons. The van der Waals surface area contributed by atoms with Crippen molar-refractivity contribution in [2.45, 2.75) is 12.2 Å². The number of amides is 4. The van der Waals surface area contributed by atoms with E-state index < -0.39 is 35.6 Å². The topological polar surface area (TPSA) is 85.1 Å². The number of likely N-dealkylation sites (N-methyl/N-ethyl adjacent to an activating group) is 2. The molecule has 0 aliphatic carbocycles. The monoisotopic (exact) mass is 428 g/mol. The maximum absolute atomic E-state index is 12.6. The van der Waals surface area contributed by atoms with E-state index in [0.717, 1.165) is 28.8 Å². The van der Waals surface area contributed by atoms with E-state index in [1.54, 1.807) is 11.6 Å². The number of hydrogen-bond acceptors (Lipinski definition) is 5. The van der Waals surface area contributed by atoms with Crippen LogP contribution >= 0.6 is 11.8 Å². The second kappa shape index (κ2) is 7.50. The Kier molecular flexibility index (Phi) is 5.39. The third-order valence-electron chi connectivity index (χ3n) is 4.43. The number of amidine groups is 2. The van der Waals surface area contributed by atoms with Crippen LogP contribution in [0, 0.1) is 0 Å². The minimum absolute atomic E-state index is 0.0775. The van der Waals surface area contributed by atoms with Crippen molar-refractivity contribution in [3.63, 3.8) is 0 Å². The Hall–Kier alpha value is -2.89. The number of hydrogen-bond donors (Lipinski definition) is 1. The predicted molar refractivity (Wildman–Crippen MR) is 101 cm³/mol. The molecule has 2 aliphatic rings. The molecule has 0 radical (unpaired) electrons. The number of carbonyl (C=O) groups excluding carboxylic acids is 3. The molecule has 1 N–H and O–H groups in total. The number of rotatable bonds is 3. The summed E-state index contributed by atoms with van der Waals surface area (Å²) in [4.78, 5) is 43.1. The van der Waals surface area contributed by atoms with E-state index in [-0.39, 0.29) is 11.4 Å². The number of anilines is 1. The molecule has 1 atom stereocenters. The quantitative estimate of drug-likeness (QED) is 0.743. The summed E-state index contributed by atoms with van der Waals surface area (Å²) in [6.07, 6.45) is -4.45. The Labute approximate surface area is 168 Å². The molecule has 0 bridgehead atoms. The molecule has 2 heterocycles. The number of nitrogens with zero attached hydrogens (tertiary/aromatic N) is 4. The van der Waals surface area contributed by atoms with Gasteiger partial charge < -0.3 is 5.32 Å². The highest BCUT2D eigenvalue weighted by Crippen LogP contribution is 2.30. The van der Waals surface area contributed by atoms with Crippen LogP contribution in [0.2, 0.25) is 0 Å². The number of urea groups is 1. The molecule has 29 heavy (non-hydrogen) atoms. The highest BCUT2D eigenvalue weighted by Gasteiger charge is 2.51. The third-order valence-corrected chi connectivity index (χ3v) is 5.47. The number of nitrogens with one attached hydrogen (secondary N) is 1. The molecule has 0 spiro atoms. The van der Waals surface area contributed by atoms with Crippen molar-refractivity contribution in [1.29, 1.82) is 0 Å². The van der Waals surface area contributed by atoms with Gasteiger partial charge in [0.25, 0.3) is 23.0 Å². The fourth-order valence-corrected chi connectivity index (χ4v) is 3.71. The first-order valence-electron chi connectivity index (χ1n) is 8.34. The number of fused-ring (bicyclic) bond motifs is 1. The van der Waals surface area contributed by atoms with Crippen molar-refractivity contribution in [2.24, 2.45) is 4.99 Å². The van der Waals surface area contributed by atoms with Crippen LogP contribution in [-0.2, 0) is 15.8 Å². The summed E-state index contributed by atoms with van der Waals surface area (Å²) < 4.78 is 39.3. The van der Waals surface area contributed by atoms with Crippen LogP contribution < -0.4 is 5.32 Å². The van der Waals surface area contributed by atoms with E-state index >= 15 is 0 Å². The van der Waals surface area contributed by atoms with Crippen LogP contribution in [0.1, 0.15) is 5.56 Å². The first-order valence-corrected chi connectivity index (χ1v) is 9.33. The Balaban J connectivity index is 1.64. The van der Waals surface area contributed by atoms with Gasteiger partial charge in [-0.15, -0.1) is 4.99 Å². The number of aliphatic imine (C=N–C) groups is 1. The van der Waals surface area contributed by atoms with Crippen molar-refractivity contribution in [2.75, 3.05) is 32.2 Å². The van der Waals surface area contributed by atoms with Gasteiger partial charge in [0, 0.05) is 12.7 Å². The minimum Gasteiger partial charge on any atom is -0.325 e. The van der Waals surface area contributed by atoms with E-state index in [2.05, 4.69) is 10.3 Å². The van der Waals surface area contributed by atoms with Gasteiger partial charge in [-0.2, -0.15) is 13.2 Å². The lowest BCUT2D eigenvalue weighted by atomic mass is 10.2. The molecule has 1 saturated heterocycles.